The third-order valence-corrected chi connectivity index (χ3v) is 5.72. The molecule has 2 N–H and O–H groups in total. The van der Waals surface area contributed by atoms with Crippen LogP contribution in [0.3, 0.4) is 0 Å². The number of aryl methyl sites for hydroxylation is 1. The molecule has 5 heteroatoms. The molecule has 0 bridgehead atoms. The van der Waals surface area contributed by atoms with E-state index in [1.807, 2.05) is 0 Å². The van der Waals surface area contributed by atoms with Gasteiger partial charge in [0, 0.05) is 43.8 Å². The molecular formula is C18H33N5. The van der Waals surface area contributed by atoms with E-state index < -0.39 is 0 Å². The molecule has 2 atom stereocenters. The van der Waals surface area contributed by atoms with Crippen molar-refractivity contribution in [2.45, 2.75) is 64.6 Å². The minimum absolute atomic E-state index is 0.616. The molecule has 1 aromatic heterocycles. The fourth-order valence-corrected chi connectivity index (χ4v) is 4.38. The highest BCUT2D eigenvalue weighted by Gasteiger charge is 2.27. The van der Waals surface area contributed by atoms with Crippen molar-refractivity contribution < 1.29 is 0 Å². The second kappa shape index (κ2) is 7.32. The zero-order valence-corrected chi connectivity index (χ0v) is 15.1. The Bertz CT molecular complexity index is 524. The molecular weight excluding hydrogens is 286 g/mol. The molecule has 0 aliphatic carbocycles. The summed E-state index contributed by atoms with van der Waals surface area (Å²) in [7, 11) is 2.19. The van der Waals surface area contributed by atoms with Crippen LogP contribution in [-0.2, 0) is 13.0 Å². The fourth-order valence-electron chi connectivity index (χ4n) is 4.38. The summed E-state index contributed by atoms with van der Waals surface area (Å²) >= 11 is 0. The largest absolute Gasteiger partial charge is 0.330 e. The van der Waals surface area contributed by atoms with E-state index in [0.717, 1.165) is 32.5 Å². The van der Waals surface area contributed by atoms with Crippen molar-refractivity contribution in [1.82, 2.24) is 19.4 Å². The summed E-state index contributed by atoms with van der Waals surface area (Å²) in [6.07, 6.45) is 6.07. The highest BCUT2D eigenvalue weighted by atomic mass is 15.2. The van der Waals surface area contributed by atoms with Crippen LogP contribution in [0.2, 0.25) is 0 Å². The first-order valence-corrected chi connectivity index (χ1v) is 9.29. The van der Waals surface area contributed by atoms with Crippen LogP contribution >= 0.6 is 0 Å². The summed E-state index contributed by atoms with van der Waals surface area (Å²) in [5.41, 5.74) is 8.57. The number of fused-ring (bicyclic) bond motifs is 1. The standard InChI is InChI=1S/C18H33N5/c1-14(6-9-19)22-10-4-5-16(7-12-22)23-15(2)20-17-13-21(3)11-8-18(17)23/h14,16H,4-13,19H2,1-3H3. The smallest absolute Gasteiger partial charge is 0.106 e. The molecule has 2 aliphatic rings. The van der Waals surface area contributed by atoms with Gasteiger partial charge in [-0.3, -0.25) is 0 Å². The summed E-state index contributed by atoms with van der Waals surface area (Å²) < 4.78 is 2.58. The van der Waals surface area contributed by atoms with E-state index in [-0.39, 0.29) is 0 Å². The molecule has 0 radical (unpaired) electrons. The molecule has 1 saturated heterocycles. The lowest BCUT2D eigenvalue weighted by Gasteiger charge is -2.28. The zero-order chi connectivity index (χ0) is 16.4. The number of nitrogens with zero attached hydrogens (tertiary/aromatic N) is 4. The maximum absolute atomic E-state index is 5.74. The molecule has 0 spiro atoms. The summed E-state index contributed by atoms with van der Waals surface area (Å²) in [6.45, 7) is 9.89. The van der Waals surface area contributed by atoms with Gasteiger partial charge in [-0.15, -0.1) is 0 Å². The second-order valence-electron chi connectivity index (χ2n) is 7.46. The number of likely N-dealkylation sites (N-methyl/N-ethyl adjacent to an activating group) is 1. The third kappa shape index (κ3) is 3.62. The lowest BCUT2D eigenvalue weighted by Crippen LogP contribution is -2.35. The first-order valence-electron chi connectivity index (χ1n) is 9.29. The fraction of sp³-hybridized carbons (Fsp3) is 0.833. The molecule has 0 saturated carbocycles. The Morgan fingerprint density at radius 2 is 2.09 bits per heavy atom. The van der Waals surface area contributed by atoms with Crippen molar-refractivity contribution in [3.8, 4) is 0 Å². The van der Waals surface area contributed by atoms with E-state index in [4.69, 9.17) is 10.7 Å². The molecule has 0 amide bonds. The van der Waals surface area contributed by atoms with Crippen molar-refractivity contribution in [3.63, 3.8) is 0 Å². The highest BCUT2D eigenvalue weighted by molar-refractivity contribution is 5.21. The average Bonchev–Trinajstić information content (AvgIpc) is 2.70. The van der Waals surface area contributed by atoms with Crippen molar-refractivity contribution in [2.24, 2.45) is 5.73 Å². The Labute approximate surface area is 140 Å². The summed E-state index contributed by atoms with van der Waals surface area (Å²) in [5, 5.41) is 0. The van der Waals surface area contributed by atoms with Crippen LogP contribution in [0.5, 0.6) is 0 Å². The van der Waals surface area contributed by atoms with Crippen LogP contribution in [0.25, 0.3) is 0 Å². The second-order valence-corrected chi connectivity index (χ2v) is 7.46. The van der Waals surface area contributed by atoms with E-state index in [1.165, 1.54) is 49.6 Å². The minimum Gasteiger partial charge on any atom is -0.330 e. The molecule has 3 rings (SSSR count). The van der Waals surface area contributed by atoms with Crippen LogP contribution < -0.4 is 5.73 Å². The molecule has 2 aliphatic heterocycles. The van der Waals surface area contributed by atoms with Gasteiger partial charge in [-0.1, -0.05) is 0 Å². The number of imidazole rings is 1. The van der Waals surface area contributed by atoms with E-state index in [2.05, 4.69) is 35.3 Å². The summed E-state index contributed by atoms with van der Waals surface area (Å²) in [6, 6.07) is 1.25. The predicted octanol–water partition coefficient (Wildman–Crippen LogP) is 1.94. The number of likely N-dealkylation sites (tertiary alicyclic amines) is 1. The Balaban J connectivity index is 1.73. The van der Waals surface area contributed by atoms with Gasteiger partial charge in [0.15, 0.2) is 0 Å². The van der Waals surface area contributed by atoms with Gasteiger partial charge in [0.2, 0.25) is 0 Å². The van der Waals surface area contributed by atoms with Crippen molar-refractivity contribution in [2.75, 3.05) is 33.2 Å². The Morgan fingerprint density at radius 1 is 1.26 bits per heavy atom. The van der Waals surface area contributed by atoms with Crippen LogP contribution in [-0.4, -0.2) is 58.6 Å². The van der Waals surface area contributed by atoms with E-state index in [9.17, 15) is 0 Å². The normalized spacial score (nSPS) is 25.1. The van der Waals surface area contributed by atoms with Gasteiger partial charge in [0.1, 0.15) is 5.82 Å². The number of hydrogen-bond acceptors (Lipinski definition) is 4. The van der Waals surface area contributed by atoms with E-state index in [1.54, 1.807) is 0 Å². The molecule has 3 heterocycles. The number of rotatable bonds is 4. The van der Waals surface area contributed by atoms with Crippen LogP contribution in [0.4, 0.5) is 0 Å². The minimum atomic E-state index is 0.616. The highest BCUT2D eigenvalue weighted by Crippen LogP contribution is 2.30. The molecule has 130 valence electrons. The van der Waals surface area contributed by atoms with Gasteiger partial charge in [0.25, 0.3) is 0 Å². The van der Waals surface area contributed by atoms with Gasteiger partial charge in [-0.25, -0.2) is 4.98 Å². The van der Waals surface area contributed by atoms with Crippen molar-refractivity contribution in [1.29, 1.82) is 0 Å². The monoisotopic (exact) mass is 319 g/mol. The van der Waals surface area contributed by atoms with Gasteiger partial charge in [-0.2, -0.15) is 0 Å². The Morgan fingerprint density at radius 3 is 2.87 bits per heavy atom. The lowest BCUT2D eigenvalue weighted by molar-refractivity contribution is 0.206. The summed E-state index contributed by atoms with van der Waals surface area (Å²) in [4.78, 5) is 9.90. The topological polar surface area (TPSA) is 50.3 Å². The SMILES string of the molecule is Cc1nc2c(n1C1CCCN(C(C)CCN)CC1)CCN(C)C2. The van der Waals surface area contributed by atoms with Gasteiger partial charge >= 0.3 is 0 Å². The molecule has 2 unspecified atom stereocenters. The quantitative estimate of drug-likeness (QED) is 0.921. The van der Waals surface area contributed by atoms with Gasteiger partial charge in [0.05, 0.1) is 5.69 Å². The Hall–Kier alpha value is -0.910. The maximum Gasteiger partial charge on any atom is 0.106 e. The Kier molecular flexibility index (Phi) is 5.39. The van der Waals surface area contributed by atoms with Gasteiger partial charge < -0.3 is 20.1 Å². The zero-order valence-electron chi connectivity index (χ0n) is 15.1. The van der Waals surface area contributed by atoms with Crippen LogP contribution in [0, 0.1) is 6.92 Å². The first kappa shape index (κ1) is 16.9. The molecule has 5 nitrogen and oxygen atoms in total. The third-order valence-electron chi connectivity index (χ3n) is 5.72. The molecule has 1 aromatic rings. The number of aromatic nitrogens is 2. The molecule has 0 aromatic carbocycles. The average molecular weight is 319 g/mol. The number of nitrogens with two attached hydrogens (primary N) is 1. The summed E-state index contributed by atoms with van der Waals surface area (Å²) in [5.74, 6) is 1.22. The lowest BCUT2D eigenvalue weighted by atomic mass is 10.1. The van der Waals surface area contributed by atoms with E-state index in [0.29, 0.717) is 12.1 Å². The van der Waals surface area contributed by atoms with E-state index >= 15 is 0 Å². The van der Waals surface area contributed by atoms with Crippen molar-refractivity contribution in [3.05, 3.63) is 17.2 Å². The predicted molar refractivity (Wildman–Crippen MR) is 94.6 cm³/mol. The maximum atomic E-state index is 5.74. The van der Waals surface area contributed by atoms with Crippen LogP contribution in [0.15, 0.2) is 0 Å². The van der Waals surface area contributed by atoms with Crippen molar-refractivity contribution >= 4 is 0 Å². The molecule has 23 heavy (non-hydrogen) atoms. The molecule has 1 fully saturated rings. The first-order chi connectivity index (χ1) is 11.1. The number of hydrogen-bond donors (Lipinski definition) is 1. The van der Waals surface area contributed by atoms with Crippen LogP contribution in [0.1, 0.15) is 55.9 Å². The van der Waals surface area contributed by atoms with Gasteiger partial charge in [-0.05, 0) is 59.7 Å².